The molecule has 0 aliphatic rings. The molecule has 2 heterocycles. The van der Waals surface area contributed by atoms with Crippen LogP contribution in [0.15, 0.2) is 22.2 Å². The van der Waals surface area contributed by atoms with Crippen LogP contribution in [0, 0.1) is 6.92 Å². The summed E-state index contributed by atoms with van der Waals surface area (Å²) in [6, 6.07) is 4.07. The van der Waals surface area contributed by atoms with Gasteiger partial charge in [0, 0.05) is 26.1 Å². The predicted octanol–water partition coefficient (Wildman–Crippen LogP) is 3.05. The third kappa shape index (κ3) is 3.72. The van der Waals surface area contributed by atoms with Gasteiger partial charge in [0.25, 0.3) is 0 Å². The van der Waals surface area contributed by atoms with Gasteiger partial charge in [-0.25, -0.2) is 9.97 Å². The quantitative estimate of drug-likeness (QED) is 0.829. The van der Waals surface area contributed by atoms with Gasteiger partial charge in [-0.1, -0.05) is 25.6 Å². The standard InChI is InChI=1S/C14H21N5S/c1-5-7-15-12-9-13(17-11(6-2)16-12)20-14-8-10(3)18-19(14)4/h8-9H,5-7H2,1-4H3,(H,15,16,17). The second-order valence-electron chi connectivity index (χ2n) is 4.64. The molecule has 0 atom stereocenters. The predicted molar refractivity (Wildman–Crippen MR) is 82.3 cm³/mol. The smallest absolute Gasteiger partial charge is 0.131 e. The van der Waals surface area contributed by atoms with Crippen molar-refractivity contribution in [1.29, 1.82) is 0 Å². The van der Waals surface area contributed by atoms with E-state index in [0.717, 1.165) is 46.8 Å². The summed E-state index contributed by atoms with van der Waals surface area (Å²) in [6.07, 6.45) is 1.91. The summed E-state index contributed by atoms with van der Waals surface area (Å²) in [7, 11) is 1.95. The molecule has 2 aromatic rings. The molecule has 108 valence electrons. The Bertz CT molecular complexity index is 579. The van der Waals surface area contributed by atoms with Crippen LogP contribution < -0.4 is 5.32 Å². The van der Waals surface area contributed by atoms with Crippen LogP contribution in [0.3, 0.4) is 0 Å². The van der Waals surface area contributed by atoms with Crippen LogP contribution in [-0.4, -0.2) is 26.3 Å². The Labute approximate surface area is 124 Å². The lowest BCUT2D eigenvalue weighted by molar-refractivity contribution is 0.691. The lowest BCUT2D eigenvalue weighted by Gasteiger charge is -2.08. The molecule has 6 heteroatoms. The highest BCUT2D eigenvalue weighted by molar-refractivity contribution is 7.99. The van der Waals surface area contributed by atoms with Crippen molar-refractivity contribution in [3.8, 4) is 0 Å². The highest BCUT2D eigenvalue weighted by Gasteiger charge is 2.08. The molecule has 2 aromatic heterocycles. The lowest BCUT2D eigenvalue weighted by atomic mass is 10.4. The summed E-state index contributed by atoms with van der Waals surface area (Å²) in [5.74, 6) is 1.77. The second-order valence-corrected chi connectivity index (χ2v) is 5.68. The molecule has 5 nitrogen and oxygen atoms in total. The van der Waals surface area contributed by atoms with E-state index in [1.165, 1.54) is 0 Å². The Morgan fingerprint density at radius 3 is 2.65 bits per heavy atom. The highest BCUT2D eigenvalue weighted by Crippen LogP contribution is 2.27. The maximum Gasteiger partial charge on any atom is 0.131 e. The van der Waals surface area contributed by atoms with Gasteiger partial charge < -0.3 is 5.32 Å². The summed E-state index contributed by atoms with van der Waals surface area (Å²) in [6.45, 7) is 7.13. The van der Waals surface area contributed by atoms with Gasteiger partial charge in [0.1, 0.15) is 21.7 Å². The van der Waals surface area contributed by atoms with Crippen molar-refractivity contribution in [3.63, 3.8) is 0 Å². The van der Waals surface area contributed by atoms with Crippen LogP contribution in [0.2, 0.25) is 0 Å². The SMILES string of the molecule is CCCNc1cc(Sc2cc(C)nn2C)nc(CC)n1. The maximum absolute atomic E-state index is 4.58. The van der Waals surface area contributed by atoms with Crippen molar-refractivity contribution < 1.29 is 0 Å². The number of hydrogen-bond acceptors (Lipinski definition) is 5. The van der Waals surface area contributed by atoms with E-state index in [4.69, 9.17) is 0 Å². The second kappa shape index (κ2) is 6.74. The molecule has 0 amide bonds. The van der Waals surface area contributed by atoms with Crippen LogP contribution in [0.1, 0.15) is 31.8 Å². The van der Waals surface area contributed by atoms with Gasteiger partial charge in [0.15, 0.2) is 0 Å². The topological polar surface area (TPSA) is 55.6 Å². The normalized spacial score (nSPS) is 10.8. The molecule has 2 rings (SSSR count). The highest BCUT2D eigenvalue weighted by atomic mass is 32.2. The largest absolute Gasteiger partial charge is 0.370 e. The monoisotopic (exact) mass is 291 g/mol. The van der Waals surface area contributed by atoms with Crippen molar-refractivity contribution in [2.24, 2.45) is 7.05 Å². The molecular formula is C14H21N5S. The Kier molecular flexibility index (Phi) is 5.00. The summed E-state index contributed by atoms with van der Waals surface area (Å²) in [5, 5.41) is 9.73. The van der Waals surface area contributed by atoms with Crippen molar-refractivity contribution in [2.45, 2.75) is 43.7 Å². The third-order valence-electron chi connectivity index (χ3n) is 2.79. The molecular weight excluding hydrogens is 270 g/mol. The van der Waals surface area contributed by atoms with E-state index in [1.54, 1.807) is 11.8 Å². The van der Waals surface area contributed by atoms with E-state index < -0.39 is 0 Å². The average Bonchev–Trinajstić information content (AvgIpc) is 2.74. The van der Waals surface area contributed by atoms with Crippen LogP contribution >= 0.6 is 11.8 Å². The molecule has 20 heavy (non-hydrogen) atoms. The summed E-state index contributed by atoms with van der Waals surface area (Å²) < 4.78 is 1.88. The number of nitrogens with zero attached hydrogens (tertiary/aromatic N) is 4. The fraction of sp³-hybridized carbons (Fsp3) is 0.500. The molecule has 0 aromatic carbocycles. The average molecular weight is 291 g/mol. The van der Waals surface area contributed by atoms with Gasteiger partial charge in [-0.15, -0.1) is 0 Å². The van der Waals surface area contributed by atoms with Crippen molar-refractivity contribution in [2.75, 3.05) is 11.9 Å². The molecule has 0 fully saturated rings. The van der Waals surface area contributed by atoms with Gasteiger partial charge in [-0.3, -0.25) is 4.68 Å². The zero-order chi connectivity index (χ0) is 14.5. The van der Waals surface area contributed by atoms with E-state index in [9.17, 15) is 0 Å². The van der Waals surface area contributed by atoms with E-state index in [0.29, 0.717) is 0 Å². The van der Waals surface area contributed by atoms with Gasteiger partial charge in [0.2, 0.25) is 0 Å². The lowest BCUT2D eigenvalue weighted by Crippen LogP contribution is -2.05. The minimum atomic E-state index is 0.833. The first kappa shape index (κ1) is 14.8. The van der Waals surface area contributed by atoms with Gasteiger partial charge in [0.05, 0.1) is 5.69 Å². The Morgan fingerprint density at radius 2 is 2.05 bits per heavy atom. The van der Waals surface area contributed by atoms with E-state index in [1.807, 2.05) is 24.7 Å². The zero-order valence-corrected chi connectivity index (χ0v) is 13.3. The molecule has 0 aliphatic heterocycles. The summed E-state index contributed by atoms with van der Waals surface area (Å²) >= 11 is 1.62. The van der Waals surface area contributed by atoms with E-state index in [2.05, 4.69) is 40.3 Å². The number of hydrogen-bond donors (Lipinski definition) is 1. The van der Waals surface area contributed by atoms with E-state index in [-0.39, 0.29) is 0 Å². The zero-order valence-electron chi connectivity index (χ0n) is 12.5. The Morgan fingerprint density at radius 1 is 1.25 bits per heavy atom. The number of anilines is 1. The van der Waals surface area contributed by atoms with Gasteiger partial charge in [-0.05, 0) is 19.4 Å². The minimum Gasteiger partial charge on any atom is -0.370 e. The fourth-order valence-corrected chi connectivity index (χ4v) is 2.75. The first-order valence-electron chi connectivity index (χ1n) is 6.92. The molecule has 0 saturated carbocycles. The molecule has 0 radical (unpaired) electrons. The number of aromatic nitrogens is 4. The molecule has 0 aliphatic carbocycles. The molecule has 0 bridgehead atoms. The van der Waals surface area contributed by atoms with Crippen LogP contribution in [0.4, 0.5) is 5.82 Å². The van der Waals surface area contributed by atoms with Gasteiger partial charge >= 0.3 is 0 Å². The first-order chi connectivity index (χ1) is 9.62. The van der Waals surface area contributed by atoms with Crippen molar-refractivity contribution in [1.82, 2.24) is 19.7 Å². The molecule has 1 N–H and O–H groups in total. The van der Waals surface area contributed by atoms with Crippen molar-refractivity contribution >= 4 is 17.6 Å². The van der Waals surface area contributed by atoms with E-state index >= 15 is 0 Å². The fourth-order valence-electron chi connectivity index (χ4n) is 1.82. The summed E-state index contributed by atoms with van der Waals surface area (Å²) in [5.41, 5.74) is 1.02. The van der Waals surface area contributed by atoms with Gasteiger partial charge in [-0.2, -0.15) is 5.10 Å². The summed E-state index contributed by atoms with van der Waals surface area (Å²) in [4.78, 5) is 9.08. The first-order valence-corrected chi connectivity index (χ1v) is 7.74. The minimum absolute atomic E-state index is 0.833. The third-order valence-corrected chi connectivity index (χ3v) is 3.80. The van der Waals surface area contributed by atoms with Crippen molar-refractivity contribution in [3.05, 3.63) is 23.7 Å². The number of aryl methyl sites for hydroxylation is 3. The number of rotatable bonds is 6. The van der Waals surface area contributed by atoms with Crippen LogP contribution in [0.25, 0.3) is 0 Å². The molecule has 0 saturated heterocycles. The molecule has 0 unspecified atom stereocenters. The Balaban J connectivity index is 2.23. The van der Waals surface area contributed by atoms with Crippen LogP contribution in [-0.2, 0) is 13.5 Å². The number of nitrogens with one attached hydrogen (secondary N) is 1. The maximum atomic E-state index is 4.58. The van der Waals surface area contributed by atoms with Crippen LogP contribution in [0.5, 0.6) is 0 Å². The molecule has 0 spiro atoms. The Hall–Kier alpha value is -1.56.